The highest BCUT2D eigenvalue weighted by Crippen LogP contribution is 2.32. The molecule has 1 aliphatic heterocycles. The number of alkyl halides is 2. The molecule has 0 unspecified atom stereocenters. The van der Waals surface area contributed by atoms with E-state index in [1.807, 2.05) is 13.0 Å². The van der Waals surface area contributed by atoms with Crippen molar-refractivity contribution in [1.29, 1.82) is 0 Å². The van der Waals surface area contributed by atoms with Crippen LogP contribution in [0.2, 0.25) is 0 Å². The normalized spacial score (nSPS) is 15.7. The molecular formula is C24H24F2N2O4. The Labute approximate surface area is 183 Å². The standard InChI is InChI=1S/C24H24F2N2O4/c1-15-12-16(6-9-27-19-5-3-2-4-17(19)23(30)31)22-18(13-15)20(29)14-21(32-22)28-10-7-24(25,26)8-11-28/h2-5,12-14,27H,6-11H2,1H3,(H,30,31). The van der Waals surface area contributed by atoms with Crippen molar-refractivity contribution >= 4 is 28.5 Å². The lowest BCUT2D eigenvalue weighted by atomic mass is 10.0. The first-order chi connectivity index (χ1) is 15.2. The molecule has 0 saturated carbocycles. The number of rotatable bonds is 6. The van der Waals surface area contributed by atoms with Crippen molar-refractivity contribution in [2.75, 3.05) is 29.9 Å². The molecule has 0 aliphatic carbocycles. The summed E-state index contributed by atoms with van der Waals surface area (Å²) in [6, 6.07) is 11.7. The molecule has 1 saturated heterocycles. The molecule has 2 heterocycles. The molecule has 0 radical (unpaired) electrons. The summed E-state index contributed by atoms with van der Waals surface area (Å²) >= 11 is 0. The highest BCUT2D eigenvalue weighted by atomic mass is 19.3. The molecule has 168 valence electrons. The zero-order chi connectivity index (χ0) is 22.9. The first-order valence-corrected chi connectivity index (χ1v) is 10.5. The summed E-state index contributed by atoms with van der Waals surface area (Å²) in [7, 11) is 0. The Morgan fingerprint density at radius 2 is 1.91 bits per heavy atom. The number of halogens is 2. The maximum atomic E-state index is 13.5. The van der Waals surface area contributed by atoms with Gasteiger partial charge in [-0.2, -0.15) is 0 Å². The van der Waals surface area contributed by atoms with E-state index in [0.29, 0.717) is 35.5 Å². The first kappa shape index (κ1) is 21.8. The third-order valence-corrected chi connectivity index (χ3v) is 5.71. The highest BCUT2D eigenvalue weighted by Gasteiger charge is 2.34. The molecule has 1 fully saturated rings. The average molecular weight is 442 g/mol. The maximum Gasteiger partial charge on any atom is 0.337 e. The fraction of sp³-hybridized carbons (Fsp3) is 0.333. The molecule has 0 spiro atoms. The molecular weight excluding hydrogens is 418 g/mol. The Morgan fingerprint density at radius 3 is 2.62 bits per heavy atom. The summed E-state index contributed by atoms with van der Waals surface area (Å²) in [5.41, 5.74) is 2.60. The van der Waals surface area contributed by atoms with E-state index < -0.39 is 11.9 Å². The predicted octanol–water partition coefficient (Wildman–Crippen LogP) is 4.69. The Kier molecular flexibility index (Phi) is 5.86. The Balaban J connectivity index is 1.61. The number of carboxylic acid groups (broad SMARTS) is 1. The van der Waals surface area contributed by atoms with Crippen molar-refractivity contribution in [3.8, 4) is 0 Å². The van der Waals surface area contributed by atoms with Crippen LogP contribution in [0.1, 0.15) is 34.3 Å². The van der Waals surface area contributed by atoms with Gasteiger partial charge in [0.05, 0.1) is 10.9 Å². The van der Waals surface area contributed by atoms with Gasteiger partial charge in [-0.05, 0) is 42.7 Å². The van der Waals surface area contributed by atoms with Gasteiger partial charge in [-0.25, -0.2) is 13.6 Å². The SMILES string of the molecule is Cc1cc(CCNc2ccccc2C(=O)O)c2oc(N3CCC(F)(F)CC3)cc(=O)c2c1. The maximum absolute atomic E-state index is 13.5. The zero-order valence-electron chi connectivity index (χ0n) is 17.7. The van der Waals surface area contributed by atoms with Crippen LogP contribution < -0.4 is 15.6 Å². The van der Waals surface area contributed by atoms with Crippen molar-refractivity contribution in [2.45, 2.75) is 32.1 Å². The van der Waals surface area contributed by atoms with Crippen molar-refractivity contribution in [1.82, 2.24) is 0 Å². The number of hydrogen-bond donors (Lipinski definition) is 2. The van der Waals surface area contributed by atoms with E-state index in [2.05, 4.69) is 5.32 Å². The van der Waals surface area contributed by atoms with Crippen LogP contribution in [0.3, 0.4) is 0 Å². The molecule has 1 aliphatic rings. The molecule has 8 heteroatoms. The number of piperidine rings is 1. The van der Waals surface area contributed by atoms with E-state index >= 15 is 0 Å². The van der Waals surface area contributed by atoms with Crippen LogP contribution in [-0.2, 0) is 6.42 Å². The summed E-state index contributed by atoms with van der Waals surface area (Å²) in [5.74, 6) is -3.41. The highest BCUT2D eigenvalue weighted by molar-refractivity contribution is 5.94. The third kappa shape index (κ3) is 4.59. The molecule has 4 rings (SSSR count). The minimum absolute atomic E-state index is 0.121. The molecule has 2 N–H and O–H groups in total. The van der Waals surface area contributed by atoms with Crippen LogP contribution in [0.4, 0.5) is 20.4 Å². The number of nitrogens with zero attached hydrogens (tertiary/aromatic N) is 1. The fourth-order valence-corrected chi connectivity index (χ4v) is 4.03. The minimum Gasteiger partial charge on any atom is -0.478 e. The smallest absolute Gasteiger partial charge is 0.337 e. The van der Waals surface area contributed by atoms with Gasteiger partial charge in [-0.3, -0.25) is 4.79 Å². The van der Waals surface area contributed by atoms with Crippen molar-refractivity contribution in [2.24, 2.45) is 0 Å². The van der Waals surface area contributed by atoms with Gasteiger partial charge < -0.3 is 19.7 Å². The number of carbonyl (C=O) groups is 1. The van der Waals surface area contributed by atoms with Crippen molar-refractivity contribution in [3.63, 3.8) is 0 Å². The molecule has 1 aromatic heterocycles. The first-order valence-electron chi connectivity index (χ1n) is 10.5. The van der Waals surface area contributed by atoms with E-state index in [-0.39, 0.29) is 36.9 Å². The van der Waals surface area contributed by atoms with Gasteiger partial charge in [-0.15, -0.1) is 0 Å². The number of aryl methyl sites for hydroxylation is 1. The largest absolute Gasteiger partial charge is 0.478 e. The van der Waals surface area contributed by atoms with Gasteiger partial charge >= 0.3 is 5.97 Å². The number of benzene rings is 2. The monoisotopic (exact) mass is 442 g/mol. The van der Waals surface area contributed by atoms with Crippen LogP contribution in [0.15, 0.2) is 51.7 Å². The summed E-state index contributed by atoms with van der Waals surface area (Å²) in [4.78, 5) is 25.9. The second-order valence-corrected chi connectivity index (χ2v) is 8.12. The third-order valence-electron chi connectivity index (χ3n) is 5.71. The topological polar surface area (TPSA) is 82.8 Å². The number of anilines is 2. The van der Waals surface area contributed by atoms with Crippen molar-refractivity contribution < 1.29 is 23.1 Å². The van der Waals surface area contributed by atoms with Gasteiger partial charge in [0.1, 0.15) is 5.58 Å². The van der Waals surface area contributed by atoms with E-state index in [1.54, 1.807) is 29.2 Å². The average Bonchev–Trinajstić information content (AvgIpc) is 2.74. The van der Waals surface area contributed by atoms with Crippen LogP contribution in [0, 0.1) is 6.92 Å². The minimum atomic E-state index is -2.69. The van der Waals surface area contributed by atoms with Gasteiger partial charge in [0.2, 0.25) is 0 Å². The lowest BCUT2D eigenvalue weighted by molar-refractivity contribution is -0.0225. The summed E-state index contributed by atoms with van der Waals surface area (Å²) in [5, 5.41) is 12.9. The quantitative estimate of drug-likeness (QED) is 0.576. The van der Waals surface area contributed by atoms with E-state index in [4.69, 9.17) is 4.42 Å². The number of para-hydroxylation sites is 1. The molecule has 2 aromatic carbocycles. The number of fused-ring (bicyclic) bond motifs is 1. The fourth-order valence-electron chi connectivity index (χ4n) is 4.03. The second-order valence-electron chi connectivity index (χ2n) is 8.12. The summed E-state index contributed by atoms with van der Waals surface area (Å²) in [6.45, 7) is 2.55. The predicted molar refractivity (Wildman–Crippen MR) is 119 cm³/mol. The molecule has 0 bridgehead atoms. The number of carboxylic acids is 1. The van der Waals surface area contributed by atoms with Crippen molar-refractivity contribution in [3.05, 3.63) is 69.4 Å². The number of aromatic carboxylic acids is 1. The molecule has 6 nitrogen and oxygen atoms in total. The van der Waals surface area contributed by atoms with Crippen LogP contribution in [0.5, 0.6) is 0 Å². The second kappa shape index (κ2) is 8.61. The summed E-state index contributed by atoms with van der Waals surface area (Å²) in [6.07, 6.45) is -0.0680. The van der Waals surface area contributed by atoms with E-state index in [9.17, 15) is 23.5 Å². The number of nitrogens with one attached hydrogen (secondary N) is 1. The summed E-state index contributed by atoms with van der Waals surface area (Å²) < 4.78 is 33.1. The Morgan fingerprint density at radius 1 is 1.19 bits per heavy atom. The molecule has 0 amide bonds. The Bertz CT molecular complexity index is 1210. The van der Waals surface area contributed by atoms with Gasteiger partial charge in [0.15, 0.2) is 11.3 Å². The number of hydrogen-bond acceptors (Lipinski definition) is 5. The van der Waals surface area contributed by atoms with Gasteiger partial charge in [0, 0.05) is 44.2 Å². The molecule has 0 atom stereocenters. The molecule has 32 heavy (non-hydrogen) atoms. The van der Waals surface area contributed by atoms with Gasteiger partial charge in [-0.1, -0.05) is 18.2 Å². The van der Waals surface area contributed by atoms with Crippen LogP contribution >= 0.6 is 0 Å². The van der Waals surface area contributed by atoms with Gasteiger partial charge in [0.25, 0.3) is 5.92 Å². The van der Waals surface area contributed by atoms with E-state index in [1.165, 1.54) is 12.1 Å². The Hall–Kier alpha value is -3.42. The van der Waals surface area contributed by atoms with Crippen LogP contribution in [-0.4, -0.2) is 36.6 Å². The zero-order valence-corrected chi connectivity index (χ0v) is 17.7. The molecule has 3 aromatic rings. The van der Waals surface area contributed by atoms with Crippen LogP contribution in [0.25, 0.3) is 11.0 Å². The lowest BCUT2D eigenvalue weighted by Gasteiger charge is -2.32. The van der Waals surface area contributed by atoms with E-state index in [0.717, 1.165) is 11.1 Å². The lowest BCUT2D eigenvalue weighted by Crippen LogP contribution is -2.39.